The van der Waals surface area contributed by atoms with Gasteiger partial charge in [0.05, 0.1) is 6.61 Å². The third kappa shape index (κ3) is 5.49. The molecule has 0 atom stereocenters. The molecule has 1 amide bonds. The van der Waals surface area contributed by atoms with Crippen LogP contribution in [0.2, 0.25) is 5.02 Å². The van der Waals surface area contributed by atoms with Gasteiger partial charge in [0.15, 0.2) is 0 Å². The first kappa shape index (κ1) is 17.2. The molecule has 0 aliphatic rings. The van der Waals surface area contributed by atoms with Crippen LogP contribution in [0.25, 0.3) is 0 Å². The summed E-state index contributed by atoms with van der Waals surface area (Å²) < 4.78 is 10.8. The van der Waals surface area contributed by atoms with Crippen LogP contribution < -0.4 is 14.8 Å². The number of hydrogen-bond donors (Lipinski definition) is 1. The minimum absolute atomic E-state index is 0.449. The topological polar surface area (TPSA) is 47.6 Å². The fourth-order valence-corrected chi connectivity index (χ4v) is 2.08. The Morgan fingerprint density at radius 3 is 2.52 bits per heavy atom. The van der Waals surface area contributed by atoms with Crippen molar-refractivity contribution in [2.75, 3.05) is 11.9 Å². The van der Waals surface area contributed by atoms with Crippen molar-refractivity contribution in [2.24, 2.45) is 0 Å². The molecule has 0 aliphatic heterocycles. The molecule has 1 N–H and O–H groups in total. The average molecular weight is 334 g/mol. The molecule has 122 valence electrons. The zero-order chi connectivity index (χ0) is 16.7. The van der Waals surface area contributed by atoms with E-state index >= 15 is 0 Å². The molecule has 0 aliphatic carbocycles. The molecule has 2 aromatic carbocycles. The van der Waals surface area contributed by atoms with Crippen molar-refractivity contribution in [1.82, 2.24) is 0 Å². The third-order valence-corrected chi connectivity index (χ3v) is 3.47. The second-order valence-electron chi connectivity index (χ2n) is 5.15. The van der Waals surface area contributed by atoms with Crippen LogP contribution in [0, 0.1) is 6.92 Å². The number of ether oxygens (including phenoxy) is 2. The van der Waals surface area contributed by atoms with Gasteiger partial charge in [-0.25, -0.2) is 4.79 Å². The molecule has 0 heterocycles. The van der Waals surface area contributed by atoms with Gasteiger partial charge in [0.1, 0.15) is 11.5 Å². The van der Waals surface area contributed by atoms with Crippen molar-refractivity contribution >= 4 is 23.4 Å². The van der Waals surface area contributed by atoms with Crippen molar-refractivity contribution in [1.29, 1.82) is 0 Å². The Bertz CT molecular complexity index is 656. The number of anilines is 1. The molecular formula is C18H20ClNO3. The van der Waals surface area contributed by atoms with Gasteiger partial charge in [-0.1, -0.05) is 31.0 Å². The van der Waals surface area contributed by atoms with Crippen LogP contribution in [0.15, 0.2) is 42.5 Å². The summed E-state index contributed by atoms with van der Waals surface area (Å²) in [5, 5.41) is 3.23. The lowest BCUT2D eigenvalue weighted by Crippen LogP contribution is -2.17. The number of carbonyl (C=O) groups excluding carboxylic acids is 1. The molecule has 0 saturated carbocycles. The van der Waals surface area contributed by atoms with E-state index in [1.165, 1.54) is 0 Å². The number of carbonyl (C=O) groups is 1. The van der Waals surface area contributed by atoms with Gasteiger partial charge in [0.25, 0.3) is 0 Å². The molecule has 0 saturated heterocycles. The molecule has 4 nitrogen and oxygen atoms in total. The minimum atomic E-state index is -0.560. The first-order chi connectivity index (χ1) is 11.1. The smallest absolute Gasteiger partial charge is 0.417 e. The summed E-state index contributed by atoms with van der Waals surface area (Å²) in [7, 11) is 0. The maximum Gasteiger partial charge on any atom is 0.417 e. The molecule has 0 spiro atoms. The maximum absolute atomic E-state index is 11.9. The highest BCUT2D eigenvalue weighted by Gasteiger charge is 2.08. The monoisotopic (exact) mass is 333 g/mol. The van der Waals surface area contributed by atoms with Crippen LogP contribution in [0.5, 0.6) is 11.5 Å². The first-order valence-electron chi connectivity index (χ1n) is 7.56. The van der Waals surface area contributed by atoms with Crippen molar-refractivity contribution in [2.45, 2.75) is 26.7 Å². The molecule has 2 aromatic rings. The number of nitrogens with one attached hydrogen (secondary N) is 1. The second kappa shape index (κ2) is 8.44. The van der Waals surface area contributed by atoms with Crippen molar-refractivity contribution < 1.29 is 14.3 Å². The van der Waals surface area contributed by atoms with E-state index in [2.05, 4.69) is 12.2 Å². The zero-order valence-corrected chi connectivity index (χ0v) is 14.0. The van der Waals surface area contributed by atoms with Crippen molar-refractivity contribution in [3.63, 3.8) is 0 Å². The molecule has 0 bridgehead atoms. The summed E-state index contributed by atoms with van der Waals surface area (Å²) in [5.74, 6) is 1.21. The lowest BCUT2D eigenvalue weighted by Gasteiger charge is -2.10. The van der Waals surface area contributed by atoms with Gasteiger partial charge in [-0.3, -0.25) is 5.32 Å². The van der Waals surface area contributed by atoms with E-state index in [-0.39, 0.29) is 0 Å². The number of hydrogen-bond acceptors (Lipinski definition) is 3. The van der Waals surface area contributed by atoms with E-state index in [9.17, 15) is 4.79 Å². The van der Waals surface area contributed by atoms with Crippen molar-refractivity contribution in [3.05, 3.63) is 53.1 Å². The summed E-state index contributed by atoms with van der Waals surface area (Å²) in [4.78, 5) is 11.9. The first-order valence-corrected chi connectivity index (χ1v) is 7.94. The SMILES string of the molecule is CCCCOc1ccc(OC(=O)Nc2cc(Cl)ccc2C)cc1. The van der Waals surface area contributed by atoms with Gasteiger partial charge in [-0.05, 0) is 55.3 Å². The Labute approximate surface area is 141 Å². The van der Waals surface area contributed by atoms with E-state index in [0.717, 1.165) is 24.2 Å². The highest BCUT2D eigenvalue weighted by Crippen LogP contribution is 2.22. The van der Waals surface area contributed by atoms with Crippen LogP contribution in [0.1, 0.15) is 25.3 Å². The predicted octanol–water partition coefficient (Wildman–Crippen LogP) is 5.44. The van der Waals surface area contributed by atoms with Gasteiger partial charge in [0.2, 0.25) is 0 Å². The maximum atomic E-state index is 11.9. The van der Waals surface area contributed by atoms with E-state index in [4.69, 9.17) is 21.1 Å². The lowest BCUT2D eigenvalue weighted by atomic mass is 10.2. The van der Waals surface area contributed by atoms with Crippen LogP contribution in [0.4, 0.5) is 10.5 Å². The van der Waals surface area contributed by atoms with Crippen LogP contribution in [-0.4, -0.2) is 12.7 Å². The van der Waals surface area contributed by atoms with Gasteiger partial charge < -0.3 is 9.47 Å². The van der Waals surface area contributed by atoms with E-state index in [1.807, 2.05) is 13.0 Å². The Balaban J connectivity index is 1.91. The van der Waals surface area contributed by atoms with Crippen LogP contribution in [0.3, 0.4) is 0 Å². The highest BCUT2D eigenvalue weighted by molar-refractivity contribution is 6.31. The summed E-state index contributed by atoms with van der Waals surface area (Å²) in [6, 6.07) is 12.2. The summed E-state index contributed by atoms with van der Waals surface area (Å²) in [6.07, 6.45) is 1.54. The Morgan fingerprint density at radius 1 is 1.13 bits per heavy atom. The number of amides is 1. The fraction of sp³-hybridized carbons (Fsp3) is 0.278. The molecular weight excluding hydrogens is 314 g/mol. The van der Waals surface area contributed by atoms with Crippen LogP contribution in [-0.2, 0) is 0 Å². The third-order valence-electron chi connectivity index (χ3n) is 3.24. The molecule has 0 aromatic heterocycles. The number of halogens is 1. The quantitative estimate of drug-likeness (QED) is 0.716. The molecule has 2 rings (SSSR count). The lowest BCUT2D eigenvalue weighted by molar-refractivity contribution is 0.215. The molecule has 0 unspecified atom stereocenters. The number of unbranched alkanes of at least 4 members (excludes halogenated alkanes) is 1. The van der Waals surface area contributed by atoms with Crippen LogP contribution >= 0.6 is 11.6 Å². The summed E-state index contributed by atoms with van der Waals surface area (Å²) in [5.41, 5.74) is 1.54. The molecule has 23 heavy (non-hydrogen) atoms. The summed E-state index contributed by atoms with van der Waals surface area (Å²) >= 11 is 5.92. The highest BCUT2D eigenvalue weighted by atomic mass is 35.5. The minimum Gasteiger partial charge on any atom is -0.494 e. The molecule has 5 heteroatoms. The Hall–Kier alpha value is -2.20. The number of rotatable bonds is 6. The van der Waals surface area contributed by atoms with E-state index in [1.54, 1.807) is 36.4 Å². The van der Waals surface area contributed by atoms with E-state index < -0.39 is 6.09 Å². The van der Waals surface area contributed by atoms with E-state index in [0.29, 0.717) is 23.1 Å². The standard InChI is InChI=1S/C18H20ClNO3/c1-3-4-11-22-15-7-9-16(10-8-15)23-18(21)20-17-12-14(19)6-5-13(17)2/h5-10,12H,3-4,11H2,1-2H3,(H,20,21). The average Bonchev–Trinajstić information content (AvgIpc) is 2.53. The number of aryl methyl sites for hydroxylation is 1. The largest absolute Gasteiger partial charge is 0.494 e. The predicted molar refractivity (Wildman–Crippen MR) is 92.7 cm³/mol. The Morgan fingerprint density at radius 2 is 1.83 bits per heavy atom. The zero-order valence-electron chi connectivity index (χ0n) is 13.3. The molecule has 0 fully saturated rings. The normalized spacial score (nSPS) is 10.2. The number of benzene rings is 2. The second-order valence-corrected chi connectivity index (χ2v) is 5.58. The van der Waals surface area contributed by atoms with Crippen molar-refractivity contribution in [3.8, 4) is 11.5 Å². The fourth-order valence-electron chi connectivity index (χ4n) is 1.91. The summed E-state index contributed by atoms with van der Waals surface area (Å²) in [6.45, 7) is 4.68. The van der Waals surface area contributed by atoms with Gasteiger partial charge >= 0.3 is 6.09 Å². The Kier molecular flexibility index (Phi) is 6.29. The van der Waals surface area contributed by atoms with Gasteiger partial charge in [-0.2, -0.15) is 0 Å². The molecule has 0 radical (unpaired) electrons. The van der Waals surface area contributed by atoms with Gasteiger partial charge in [0, 0.05) is 10.7 Å². The van der Waals surface area contributed by atoms with Gasteiger partial charge in [-0.15, -0.1) is 0 Å².